The molecule has 1 aromatic rings. The van der Waals surface area contributed by atoms with Crippen molar-refractivity contribution in [3.05, 3.63) is 42.0 Å². The predicted molar refractivity (Wildman–Crippen MR) is 67.8 cm³/mol. The van der Waals surface area contributed by atoms with Crippen LogP contribution in [0.3, 0.4) is 0 Å². The zero-order chi connectivity index (χ0) is 13.0. The van der Waals surface area contributed by atoms with Crippen molar-refractivity contribution in [3.8, 4) is 0 Å². The fourth-order valence-electron chi connectivity index (χ4n) is 1.67. The maximum Gasteiger partial charge on any atom is 0.296 e. The lowest BCUT2D eigenvalue weighted by atomic mass is 10.2. The molecule has 18 heavy (non-hydrogen) atoms. The minimum Gasteiger partial charge on any atom is -0.370 e. The van der Waals surface area contributed by atoms with Gasteiger partial charge >= 0.3 is 0 Å². The summed E-state index contributed by atoms with van der Waals surface area (Å²) in [5.74, 6) is 0. The lowest BCUT2D eigenvalue weighted by Crippen LogP contribution is -2.13. The molecule has 1 aliphatic heterocycles. The molecule has 0 aliphatic carbocycles. The first-order valence-corrected chi connectivity index (χ1v) is 7.23. The van der Waals surface area contributed by atoms with Crippen LogP contribution in [0.5, 0.6) is 0 Å². The minimum atomic E-state index is -3.65. The number of rotatable bonds is 5. The van der Waals surface area contributed by atoms with E-state index >= 15 is 0 Å². The van der Waals surface area contributed by atoms with E-state index in [0.29, 0.717) is 13.0 Å². The van der Waals surface area contributed by atoms with Gasteiger partial charge in [-0.25, -0.2) is 0 Å². The number of hydrogen-bond donors (Lipinski definition) is 0. The van der Waals surface area contributed by atoms with Crippen molar-refractivity contribution in [2.75, 3.05) is 13.2 Å². The van der Waals surface area contributed by atoms with Gasteiger partial charge in [0.2, 0.25) is 0 Å². The second kappa shape index (κ2) is 5.65. The third-order valence-electron chi connectivity index (χ3n) is 2.71. The van der Waals surface area contributed by atoms with E-state index in [1.54, 1.807) is 24.3 Å². The quantitative estimate of drug-likeness (QED) is 0.606. The molecule has 0 spiro atoms. The van der Waals surface area contributed by atoms with Crippen LogP contribution in [0, 0.1) is 6.92 Å². The van der Waals surface area contributed by atoms with Crippen LogP contribution in [0.4, 0.5) is 0 Å². The second-order valence-corrected chi connectivity index (χ2v) is 5.79. The van der Waals surface area contributed by atoms with Crippen molar-refractivity contribution in [1.29, 1.82) is 0 Å². The topological polar surface area (TPSA) is 52.6 Å². The van der Waals surface area contributed by atoms with Crippen molar-refractivity contribution < 1.29 is 17.3 Å². The fraction of sp³-hybridized carbons (Fsp3) is 0.385. The molecule has 0 bridgehead atoms. The van der Waals surface area contributed by atoms with Gasteiger partial charge in [-0.15, -0.1) is 0 Å². The smallest absolute Gasteiger partial charge is 0.296 e. The van der Waals surface area contributed by atoms with Gasteiger partial charge < -0.3 is 4.74 Å². The van der Waals surface area contributed by atoms with Crippen LogP contribution in [-0.2, 0) is 19.0 Å². The van der Waals surface area contributed by atoms with Crippen LogP contribution in [0.15, 0.2) is 41.3 Å². The van der Waals surface area contributed by atoms with Gasteiger partial charge in [-0.3, -0.25) is 4.18 Å². The van der Waals surface area contributed by atoms with Crippen LogP contribution in [0.1, 0.15) is 12.0 Å². The molecule has 1 atom stereocenters. The normalized spacial score (nSPS) is 19.3. The lowest BCUT2D eigenvalue weighted by Gasteiger charge is -2.09. The molecule has 1 aromatic carbocycles. The molecule has 0 aromatic heterocycles. The predicted octanol–water partition coefficient (Wildman–Crippen LogP) is 2.05. The highest BCUT2D eigenvalue weighted by atomic mass is 32.2. The van der Waals surface area contributed by atoms with Crippen molar-refractivity contribution in [2.24, 2.45) is 0 Å². The zero-order valence-corrected chi connectivity index (χ0v) is 11.0. The molecular weight excluding hydrogens is 252 g/mol. The van der Waals surface area contributed by atoms with Crippen LogP contribution in [0.2, 0.25) is 0 Å². The van der Waals surface area contributed by atoms with Gasteiger partial charge in [-0.2, -0.15) is 8.42 Å². The van der Waals surface area contributed by atoms with Gasteiger partial charge in [-0.1, -0.05) is 29.8 Å². The summed E-state index contributed by atoms with van der Waals surface area (Å²) in [6.45, 7) is 2.63. The number of aryl methyl sites for hydroxylation is 1. The first kappa shape index (κ1) is 13.3. The zero-order valence-electron chi connectivity index (χ0n) is 10.2. The number of benzene rings is 1. The molecule has 98 valence electrons. The molecule has 4 nitrogen and oxygen atoms in total. The first-order chi connectivity index (χ1) is 8.58. The standard InChI is InChI=1S/C13H16O4S/c1-11-4-6-13(7-5-11)18(14,15)17-10-8-12-3-2-9-16-12/h2-7,12H,8-10H2,1H3/t12-/m0/s1. The van der Waals surface area contributed by atoms with Crippen LogP contribution in [0.25, 0.3) is 0 Å². The third-order valence-corrected chi connectivity index (χ3v) is 4.03. The van der Waals surface area contributed by atoms with Crippen LogP contribution < -0.4 is 0 Å². The van der Waals surface area contributed by atoms with E-state index in [-0.39, 0.29) is 17.6 Å². The monoisotopic (exact) mass is 268 g/mol. The molecule has 0 saturated heterocycles. The second-order valence-electron chi connectivity index (χ2n) is 4.18. The van der Waals surface area contributed by atoms with Gasteiger partial charge in [-0.05, 0) is 19.1 Å². The van der Waals surface area contributed by atoms with Crippen molar-refractivity contribution in [1.82, 2.24) is 0 Å². The molecule has 0 unspecified atom stereocenters. The molecule has 0 radical (unpaired) electrons. The van der Waals surface area contributed by atoms with Gasteiger partial charge in [0.25, 0.3) is 10.1 Å². The summed E-state index contributed by atoms with van der Waals surface area (Å²) in [5, 5.41) is 0. The molecule has 0 amide bonds. The highest BCUT2D eigenvalue weighted by Crippen LogP contribution is 2.15. The Kier molecular flexibility index (Phi) is 4.16. The van der Waals surface area contributed by atoms with Crippen molar-refractivity contribution in [2.45, 2.75) is 24.3 Å². The SMILES string of the molecule is Cc1ccc(S(=O)(=O)OCC[C@@H]2C=CCO2)cc1. The Morgan fingerprint density at radius 2 is 2.06 bits per heavy atom. The summed E-state index contributed by atoms with van der Waals surface area (Å²) in [5.41, 5.74) is 1.01. The summed E-state index contributed by atoms with van der Waals surface area (Å²) in [7, 11) is -3.65. The molecule has 2 rings (SSSR count). The summed E-state index contributed by atoms with van der Waals surface area (Å²) in [6.07, 6.45) is 4.35. The highest BCUT2D eigenvalue weighted by Gasteiger charge is 2.16. The maximum absolute atomic E-state index is 11.8. The highest BCUT2D eigenvalue weighted by molar-refractivity contribution is 7.86. The minimum absolute atomic E-state index is 0.0294. The van der Waals surface area contributed by atoms with E-state index in [1.807, 2.05) is 19.1 Å². The number of hydrogen-bond acceptors (Lipinski definition) is 4. The lowest BCUT2D eigenvalue weighted by molar-refractivity contribution is 0.108. The first-order valence-electron chi connectivity index (χ1n) is 5.82. The summed E-state index contributed by atoms with van der Waals surface area (Å²) >= 11 is 0. The molecule has 1 aliphatic rings. The van der Waals surface area contributed by atoms with E-state index in [2.05, 4.69) is 0 Å². The van der Waals surface area contributed by atoms with E-state index in [4.69, 9.17) is 8.92 Å². The molecule has 1 heterocycles. The third kappa shape index (κ3) is 3.41. The Morgan fingerprint density at radius 3 is 2.67 bits per heavy atom. The van der Waals surface area contributed by atoms with E-state index in [9.17, 15) is 8.42 Å². The average molecular weight is 268 g/mol. The fourth-order valence-corrected chi connectivity index (χ4v) is 2.59. The molecule has 0 fully saturated rings. The van der Waals surface area contributed by atoms with E-state index in [0.717, 1.165) is 5.56 Å². The van der Waals surface area contributed by atoms with Gasteiger partial charge in [0.1, 0.15) is 0 Å². The van der Waals surface area contributed by atoms with E-state index < -0.39 is 10.1 Å². The maximum atomic E-state index is 11.8. The Morgan fingerprint density at radius 1 is 1.33 bits per heavy atom. The average Bonchev–Trinajstić information content (AvgIpc) is 2.82. The Bertz CT molecular complexity index is 516. The summed E-state index contributed by atoms with van der Waals surface area (Å²) in [4.78, 5) is 0.191. The Labute approximate surface area is 107 Å². The van der Waals surface area contributed by atoms with E-state index in [1.165, 1.54) is 0 Å². The van der Waals surface area contributed by atoms with Crippen molar-refractivity contribution in [3.63, 3.8) is 0 Å². The largest absolute Gasteiger partial charge is 0.370 e. The van der Waals surface area contributed by atoms with Gasteiger partial charge in [0.05, 0.1) is 24.2 Å². The van der Waals surface area contributed by atoms with Crippen LogP contribution in [-0.4, -0.2) is 27.7 Å². The van der Waals surface area contributed by atoms with Crippen LogP contribution >= 0.6 is 0 Å². The molecule has 0 saturated carbocycles. The summed E-state index contributed by atoms with van der Waals surface area (Å²) < 4.78 is 34.0. The Balaban J connectivity index is 1.90. The van der Waals surface area contributed by atoms with Crippen molar-refractivity contribution >= 4 is 10.1 Å². The Hall–Kier alpha value is -1.17. The van der Waals surface area contributed by atoms with Gasteiger partial charge in [0, 0.05) is 6.42 Å². The molecule has 0 N–H and O–H groups in total. The molecule has 5 heteroatoms. The number of ether oxygens (including phenoxy) is 1. The molecular formula is C13H16O4S. The van der Waals surface area contributed by atoms with Gasteiger partial charge in [0.15, 0.2) is 0 Å². The summed E-state index contributed by atoms with van der Waals surface area (Å²) in [6, 6.07) is 6.60.